The number of phenols is 1. The summed E-state index contributed by atoms with van der Waals surface area (Å²) in [5.74, 6) is -1.33. The van der Waals surface area contributed by atoms with E-state index in [0.29, 0.717) is 6.42 Å². The van der Waals surface area contributed by atoms with Gasteiger partial charge >= 0.3 is 0 Å². The van der Waals surface area contributed by atoms with Crippen LogP contribution in [0.3, 0.4) is 0 Å². The van der Waals surface area contributed by atoms with Crippen molar-refractivity contribution < 1.29 is 14.0 Å². The Bertz CT molecular complexity index is 451. The van der Waals surface area contributed by atoms with E-state index >= 15 is 0 Å². The van der Waals surface area contributed by atoms with Crippen LogP contribution in [0.25, 0.3) is 0 Å². The van der Waals surface area contributed by atoms with Crippen molar-refractivity contribution in [3.63, 3.8) is 0 Å². The molecule has 0 amide bonds. The Kier molecular flexibility index (Phi) is 5.50. The van der Waals surface area contributed by atoms with Crippen LogP contribution in [0.1, 0.15) is 45.7 Å². The third-order valence-electron chi connectivity index (χ3n) is 2.69. The first-order chi connectivity index (χ1) is 8.68. The summed E-state index contributed by atoms with van der Waals surface area (Å²) in [6.07, 6.45) is 0.541. The van der Waals surface area contributed by atoms with Crippen LogP contribution in [0, 0.1) is 5.82 Å². The Labute approximate surface area is 121 Å². The standard InChI is InChI=1S/C13H19ClFNO2S/c1-5-10(16-19(18)13(2,3)4)8-6-7-9(14)12(17)11(8)15/h6-7,10,16-17H,5H2,1-4H3/t10-,19?/m1/s1. The SMILES string of the molecule is CC[C@@H](N[S+]([O-])C(C)(C)C)c1ccc(Cl)c(O)c1F. The van der Waals surface area contributed by atoms with Gasteiger partial charge in [-0.2, -0.15) is 0 Å². The molecular weight excluding hydrogens is 289 g/mol. The number of halogens is 2. The number of hydrogen-bond donors (Lipinski definition) is 2. The van der Waals surface area contributed by atoms with Crippen LogP contribution in [0.5, 0.6) is 5.75 Å². The van der Waals surface area contributed by atoms with Gasteiger partial charge in [0.15, 0.2) is 11.6 Å². The lowest BCUT2D eigenvalue weighted by atomic mass is 10.0. The van der Waals surface area contributed by atoms with E-state index in [-0.39, 0.29) is 10.6 Å². The highest BCUT2D eigenvalue weighted by Gasteiger charge is 2.30. The molecule has 1 rings (SSSR count). The Morgan fingerprint density at radius 2 is 2.05 bits per heavy atom. The molecule has 1 unspecified atom stereocenters. The number of benzene rings is 1. The molecule has 2 atom stereocenters. The van der Waals surface area contributed by atoms with E-state index in [0.717, 1.165) is 0 Å². The van der Waals surface area contributed by atoms with Crippen LogP contribution in [0.2, 0.25) is 5.02 Å². The van der Waals surface area contributed by atoms with Crippen LogP contribution in [0.4, 0.5) is 4.39 Å². The van der Waals surface area contributed by atoms with Gasteiger partial charge < -0.3 is 9.66 Å². The van der Waals surface area contributed by atoms with E-state index in [1.807, 2.05) is 27.7 Å². The molecule has 0 bridgehead atoms. The van der Waals surface area contributed by atoms with Crippen LogP contribution >= 0.6 is 11.6 Å². The van der Waals surface area contributed by atoms with Gasteiger partial charge in [-0.15, -0.1) is 4.72 Å². The molecule has 0 radical (unpaired) electrons. The Hall–Kier alpha value is -0.490. The molecule has 1 aromatic rings. The fourth-order valence-electron chi connectivity index (χ4n) is 1.50. The molecule has 0 aliphatic rings. The molecule has 6 heteroatoms. The lowest BCUT2D eigenvalue weighted by molar-refractivity contribution is 0.421. The van der Waals surface area contributed by atoms with E-state index in [4.69, 9.17) is 11.6 Å². The number of nitrogens with one attached hydrogen (secondary N) is 1. The van der Waals surface area contributed by atoms with E-state index in [1.54, 1.807) is 0 Å². The molecule has 0 spiro atoms. The van der Waals surface area contributed by atoms with Gasteiger partial charge in [-0.3, -0.25) is 0 Å². The molecule has 0 aliphatic heterocycles. The maximum absolute atomic E-state index is 14.0. The minimum atomic E-state index is -1.32. The summed E-state index contributed by atoms with van der Waals surface area (Å²) in [7, 11) is 0. The largest absolute Gasteiger partial charge is 0.598 e. The maximum atomic E-state index is 14.0. The number of phenolic OH excluding ortho intramolecular Hbond substituents is 1. The third-order valence-corrected chi connectivity index (χ3v) is 4.60. The summed E-state index contributed by atoms with van der Waals surface area (Å²) in [4.78, 5) is 0. The van der Waals surface area contributed by atoms with Gasteiger partial charge in [-0.05, 0) is 33.3 Å². The van der Waals surface area contributed by atoms with Crippen LogP contribution in [-0.4, -0.2) is 14.4 Å². The number of hydrogen-bond acceptors (Lipinski definition) is 3. The van der Waals surface area contributed by atoms with Crippen LogP contribution in [-0.2, 0) is 11.4 Å². The topological polar surface area (TPSA) is 55.3 Å². The fraction of sp³-hybridized carbons (Fsp3) is 0.538. The Morgan fingerprint density at radius 3 is 2.53 bits per heavy atom. The second-order valence-corrected chi connectivity index (χ2v) is 7.66. The Morgan fingerprint density at radius 1 is 1.47 bits per heavy atom. The highest BCUT2D eigenvalue weighted by Crippen LogP contribution is 2.33. The lowest BCUT2D eigenvalue weighted by Gasteiger charge is -2.28. The van der Waals surface area contributed by atoms with Gasteiger partial charge in [0.2, 0.25) is 0 Å². The molecule has 0 aliphatic carbocycles. The van der Waals surface area contributed by atoms with E-state index in [2.05, 4.69) is 4.72 Å². The summed E-state index contributed by atoms with van der Waals surface area (Å²) in [5.41, 5.74) is 0.266. The molecule has 0 heterocycles. The average molecular weight is 308 g/mol. The summed E-state index contributed by atoms with van der Waals surface area (Å²) in [6.45, 7) is 7.35. The second-order valence-electron chi connectivity index (χ2n) is 5.26. The van der Waals surface area contributed by atoms with Crippen molar-refractivity contribution in [3.8, 4) is 5.75 Å². The van der Waals surface area contributed by atoms with Crippen LogP contribution in [0.15, 0.2) is 12.1 Å². The zero-order valence-electron chi connectivity index (χ0n) is 11.5. The zero-order valence-corrected chi connectivity index (χ0v) is 13.0. The van der Waals surface area contributed by atoms with Gasteiger partial charge in [0.25, 0.3) is 0 Å². The van der Waals surface area contributed by atoms with Gasteiger partial charge in [-0.25, -0.2) is 4.39 Å². The molecule has 108 valence electrons. The van der Waals surface area contributed by atoms with E-state index in [9.17, 15) is 14.0 Å². The van der Waals surface area contributed by atoms with Crippen molar-refractivity contribution in [2.75, 3.05) is 0 Å². The normalized spacial score (nSPS) is 15.3. The summed E-state index contributed by atoms with van der Waals surface area (Å²) in [6, 6.07) is 2.49. The van der Waals surface area contributed by atoms with Crippen molar-refractivity contribution >= 4 is 23.0 Å². The highest BCUT2D eigenvalue weighted by molar-refractivity contribution is 7.90. The van der Waals surface area contributed by atoms with E-state index in [1.165, 1.54) is 12.1 Å². The van der Waals surface area contributed by atoms with Gasteiger partial charge in [0.05, 0.1) is 11.1 Å². The molecule has 1 aromatic carbocycles. The predicted molar refractivity (Wildman–Crippen MR) is 77.1 cm³/mol. The first-order valence-electron chi connectivity index (χ1n) is 6.03. The van der Waals surface area contributed by atoms with Crippen molar-refractivity contribution in [3.05, 3.63) is 28.5 Å². The molecule has 0 aromatic heterocycles. The molecule has 2 N–H and O–H groups in total. The predicted octanol–water partition coefficient (Wildman–Crippen LogP) is 3.69. The first-order valence-corrected chi connectivity index (χ1v) is 7.56. The highest BCUT2D eigenvalue weighted by atomic mass is 35.5. The van der Waals surface area contributed by atoms with Gasteiger partial charge in [0, 0.05) is 16.9 Å². The minimum absolute atomic E-state index is 0.0342. The Balaban J connectivity index is 3.02. The molecular formula is C13H19ClFNO2S. The quantitative estimate of drug-likeness (QED) is 0.834. The van der Waals surface area contributed by atoms with Gasteiger partial charge in [-0.1, -0.05) is 24.6 Å². The van der Waals surface area contributed by atoms with Gasteiger partial charge in [0.1, 0.15) is 4.75 Å². The van der Waals surface area contributed by atoms with Crippen molar-refractivity contribution in [1.29, 1.82) is 0 Å². The number of rotatable bonds is 4. The molecule has 0 saturated heterocycles. The third kappa shape index (κ3) is 3.99. The maximum Gasteiger partial charge on any atom is 0.171 e. The van der Waals surface area contributed by atoms with E-state index < -0.39 is 33.7 Å². The van der Waals surface area contributed by atoms with Crippen molar-refractivity contribution in [1.82, 2.24) is 4.72 Å². The van der Waals surface area contributed by atoms with Crippen molar-refractivity contribution in [2.24, 2.45) is 0 Å². The fourth-order valence-corrected chi connectivity index (χ4v) is 2.55. The molecule has 19 heavy (non-hydrogen) atoms. The number of aromatic hydroxyl groups is 1. The van der Waals surface area contributed by atoms with Crippen molar-refractivity contribution in [2.45, 2.75) is 44.9 Å². The molecule has 3 nitrogen and oxygen atoms in total. The monoisotopic (exact) mass is 307 g/mol. The smallest absolute Gasteiger partial charge is 0.171 e. The summed E-state index contributed by atoms with van der Waals surface area (Å²) < 4.78 is 28.5. The minimum Gasteiger partial charge on any atom is -0.598 e. The average Bonchev–Trinajstić information content (AvgIpc) is 2.32. The lowest BCUT2D eigenvalue weighted by Crippen LogP contribution is -2.41. The summed E-state index contributed by atoms with van der Waals surface area (Å²) >= 11 is 4.32. The zero-order chi connectivity index (χ0) is 14.8. The van der Waals surface area contributed by atoms with Crippen LogP contribution < -0.4 is 4.72 Å². The first kappa shape index (κ1) is 16.6. The summed E-state index contributed by atoms with van der Waals surface area (Å²) in [5, 5.41) is 9.48. The second kappa shape index (κ2) is 6.31. The molecule has 0 saturated carbocycles. The molecule has 0 fully saturated rings.